The van der Waals surface area contributed by atoms with E-state index in [0.29, 0.717) is 22.7 Å². The second kappa shape index (κ2) is 7.49. The van der Waals surface area contributed by atoms with Gasteiger partial charge < -0.3 is 4.90 Å². The van der Waals surface area contributed by atoms with Crippen LogP contribution in [0.1, 0.15) is 10.4 Å². The number of carbonyl (C=O) groups excluding carboxylic acids is 1. The van der Waals surface area contributed by atoms with Crippen molar-refractivity contribution in [2.75, 3.05) is 26.2 Å². The molecule has 1 fully saturated rings. The topological polar surface area (TPSA) is 57.7 Å². The number of piperazine rings is 1. The Bertz CT molecular complexity index is 976. The van der Waals surface area contributed by atoms with Crippen LogP contribution >= 0.6 is 11.6 Å². The zero-order valence-corrected chi connectivity index (χ0v) is 15.4. The normalized spacial score (nSPS) is 15.8. The van der Waals surface area contributed by atoms with Crippen molar-refractivity contribution in [3.05, 3.63) is 64.4 Å². The van der Waals surface area contributed by atoms with E-state index in [1.54, 1.807) is 24.3 Å². The van der Waals surface area contributed by atoms with Crippen LogP contribution in [-0.2, 0) is 10.0 Å². The minimum atomic E-state index is -4.36. The van der Waals surface area contributed by atoms with Gasteiger partial charge in [0, 0.05) is 36.8 Å². The van der Waals surface area contributed by atoms with Gasteiger partial charge in [-0.2, -0.15) is 4.31 Å². The van der Waals surface area contributed by atoms with Crippen molar-refractivity contribution in [1.82, 2.24) is 9.21 Å². The van der Waals surface area contributed by atoms with Crippen molar-refractivity contribution in [2.45, 2.75) is 4.90 Å². The molecular formula is C17H14ClF3N2O3S. The van der Waals surface area contributed by atoms with Gasteiger partial charge in [-0.15, -0.1) is 0 Å². The van der Waals surface area contributed by atoms with Crippen LogP contribution in [0.5, 0.6) is 0 Å². The third-order valence-electron chi connectivity index (χ3n) is 4.23. The van der Waals surface area contributed by atoms with Crippen molar-refractivity contribution in [3.8, 4) is 0 Å². The monoisotopic (exact) mass is 418 g/mol. The maximum atomic E-state index is 13.9. The molecule has 2 aromatic rings. The second-order valence-electron chi connectivity index (χ2n) is 5.88. The molecule has 1 heterocycles. The third kappa shape index (κ3) is 3.80. The Balaban J connectivity index is 1.74. The standard InChI is InChI=1S/C17H14ClF3N2O3S/c18-12-3-1-11(2-4-12)17(24)22-7-9-23(10-8-22)27(25,26)14-6-5-13(19)15(20)16(14)21/h1-6H,7-10H2. The molecule has 0 radical (unpaired) electrons. The van der Waals surface area contributed by atoms with Crippen LogP contribution in [0.15, 0.2) is 41.3 Å². The molecule has 0 aliphatic carbocycles. The molecule has 5 nitrogen and oxygen atoms in total. The Morgan fingerprint density at radius 3 is 2.07 bits per heavy atom. The quantitative estimate of drug-likeness (QED) is 0.720. The highest BCUT2D eigenvalue weighted by molar-refractivity contribution is 7.89. The van der Waals surface area contributed by atoms with Crippen LogP contribution in [0.4, 0.5) is 13.2 Å². The van der Waals surface area contributed by atoms with E-state index in [1.165, 1.54) is 4.90 Å². The number of sulfonamides is 1. The molecule has 3 rings (SSSR count). The predicted molar refractivity (Wildman–Crippen MR) is 92.4 cm³/mol. The Morgan fingerprint density at radius 2 is 1.48 bits per heavy atom. The Kier molecular flexibility index (Phi) is 5.45. The number of benzene rings is 2. The molecule has 0 atom stereocenters. The van der Waals surface area contributed by atoms with E-state index < -0.39 is 32.4 Å². The van der Waals surface area contributed by atoms with Crippen LogP contribution < -0.4 is 0 Å². The number of carbonyl (C=O) groups is 1. The fourth-order valence-electron chi connectivity index (χ4n) is 2.75. The largest absolute Gasteiger partial charge is 0.336 e. The van der Waals surface area contributed by atoms with E-state index in [9.17, 15) is 26.4 Å². The van der Waals surface area contributed by atoms with Crippen molar-refractivity contribution in [2.24, 2.45) is 0 Å². The summed E-state index contributed by atoms with van der Waals surface area (Å²) in [6.07, 6.45) is 0. The fraction of sp³-hybridized carbons (Fsp3) is 0.235. The Morgan fingerprint density at radius 1 is 0.889 bits per heavy atom. The second-order valence-corrected chi connectivity index (χ2v) is 8.22. The van der Waals surface area contributed by atoms with Crippen molar-refractivity contribution >= 4 is 27.5 Å². The summed E-state index contributed by atoms with van der Waals surface area (Å²) in [5, 5.41) is 0.482. The van der Waals surface area contributed by atoms with Crippen LogP contribution in [0, 0.1) is 17.5 Å². The Hall–Kier alpha value is -2.10. The van der Waals surface area contributed by atoms with Gasteiger partial charge in [0.15, 0.2) is 17.5 Å². The van der Waals surface area contributed by atoms with Crippen LogP contribution in [0.3, 0.4) is 0 Å². The van der Waals surface area contributed by atoms with Gasteiger partial charge in [-0.25, -0.2) is 21.6 Å². The minimum Gasteiger partial charge on any atom is -0.336 e. The van der Waals surface area contributed by atoms with Crippen LogP contribution in [-0.4, -0.2) is 49.7 Å². The highest BCUT2D eigenvalue weighted by Gasteiger charge is 2.33. The highest BCUT2D eigenvalue weighted by atomic mass is 35.5. The van der Waals surface area contributed by atoms with E-state index in [-0.39, 0.29) is 32.1 Å². The van der Waals surface area contributed by atoms with Crippen LogP contribution in [0.25, 0.3) is 0 Å². The molecule has 0 saturated carbocycles. The first-order chi connectivity index (χ1) is 12.7. The first kappa shape index (κ1) is 19.7. The average molecular weight is 419 g/mol. The van der Waals surface area contributed by atoms with Gasteiger partial charge >= 0.3 is 0 Å². The number of amides is 1. The molecule has 0 N–H and O–H groups in total. The molecule has 0 bridgehead atoms. The lowest BCUT2D eigenvalue weighted by Gasteiger charge is -2.34. The molecule has 0 unspecified atom stereocenters. The first-order valence-corrected chi connectivity index (χ1v) is 9.72. The van der Waals surface area contributed by atoms with Gasteiger partial charge in [-0.3, -0.25) is 4.79 Å². The molecule has 1 amide bonds. The van der Waals surface area contributed by atoms with Gasteiger partial charge in [-0.05, 0) is 36.4 Å². The summed E-state index contributed by atoms with van der Waals surface area (Å²) in [5.41, 5.74) is 0.405. The van der Waals surface area contributed by atoms with E-state index in [1.807, 2.05) is 0 Å². The van der Waals surface area contributed by atoms with Crippen molar-refractivity contribution < 1.29 is 26.4 Å². The average Bonchev–Trinajstić information content (AvgIpc) is 2.66. The summed E-state index contributed by atoms with van der Waals surface area (Å²) in [6, 6.07) is 7.51. The molecule has 1 aliphatic heterocycles. The first-order valence-electron chi connectivity index (χ1n) is 7.90. The minimum absolute atomic E-state index is 0.0754. The fourth-order valence-corrected chi connectivity index (χ4v) is 4.36. The van der Waals surface area contributed by atoms with E-state index >= 15 is 0 Å². The maximum absolute atomic E-state index is 13.9. The lowest BCUT2D eigenvalue weighted by molar-refractivity contribution is 0.0697. The summed E-state index contributed by atoms with van der Waals surface area (Å²) in [5.74, 6) is -5.35. The van der Waals surface area contributed by atoms with Crippen molar-refractivity contribution in [1.29, 1.82) is 0 Å². The van der Waals surface area contributed by atoms with E-state index in [0.717, 1.165) is 4.31 Å². The third-order valence-corrected chi connectivity index (χ3v) is 6.40. The molecular weight excluding hydrogens is 405 g/mol. The number of hydrogen-bond acceptors (Lipinski definition) is 3. The smallest absolute Gasteiger partial charge is 0.253 e. The van der Waals surface area contributed by atoms with Gasteiger partial charge in [0.25, 0.3) is 5.91 Å². The molecule has 0 spiro atoms. The maximum Gasteiger partial charge on any atom is 0.253 e. The lowest BCUT2D eigenvalue weighted by Crippen LogP contribution is -2.50. The van der Waals surface area contributed by atoms with E-state index in [2.05, 4.69) is 0 Å². The Labute approximate surface area is 159 Å². The number of rotatable bonds is 3. The van der Waals surface area contributed by atoms with Gasteiger partial charge in [0.05, 0.1) is 0 Å². The molecule has 1 aliphatic rings. The number of halogens is 4. The van der Waals surface area contributed by atoms with Crippen molar-refractivity contribution in [3.63, 3.8) is 0 Å². The molecule has 144 valence electrons. The zero-order valence-electron chi connectivity index (χ0n) is 13.8. The van der Waals surface area contributed by atoms with Crippen LogP contribution in [0.2, 0.25) is 5.02 Å². The molecule has 10 heteroatoms. The molecule has 2 aromatic carbocycles. The summed E-state index contributed by atoms with van der Waals surface area (Å²) in [6.45, 7) is -0.0435. The van der Waals surface area contributed by atoms with E-state index in [4.69, 9.17) is 11.6 Å². The number of hydrogen-bond donors (Lipinski definition) is 0. The van der Waals surface area contributed by atoms with Gasteiger partial charge in [0.2, 0.25) is 10.0 Å². The summed E-state index contributed by atoms with van der Waals surface area (Å²) >= 11 is 5.78. The zero-order chi connectivity index (χ0) is 19.8. The van der Waals surface area contributed by atoms with Gasteiger partial charge in [0.1, 0.15) is 4.90 Å². The molecule has 0 aromatic heterocycles. The summed E-state index contributed by atoms with van der Waals surface area (Å²) < 4.78 is 66.3. The lowest BCUT2D eigenvalue weighted by atomic mass is 10.2. The summed E-state index contributed by atoms with van der Waals surface area (Å²) in [7, 11) is -4.36. The molecule has 1 saturated heterocycles. The SMILES string of the molecule is O=C(c1ccc(Cl)cc1)N1CCN(S(=O)(=O)c2ccc(F)c(F)c2F)CC1. The summed E-state index contributed by atoms with van der Waals surface area (Å²) in [4.78, 5) is 13.0. The highest BCUT2D eigenvalue weighted by Crippen LogP contribution is 2.24. The number of nitrogens with zero attached hydrogens (tertiary/aromatic N) is 2. The molecule has 27 heavy (non-hydrogen) atoms. The predicted octanol–water partition coefficient (Wildman–Crippen LogP) is 2.90. The van der Waals surface area contributed by atoms with Gasteiger partial charge in [-0.1, -0.05) is 11.6 Å².